The first-order valence-corrected chi connectivity index (χ1v) is 17.4. The number of amides is 4. The Balaban J connectivity index is 1.64. The number of anilines is 2. The average molecular weight is 673 g/mol. The lowest BCUT2D eigenvalue weighted by Gasteiger charge is -2.41. The molecule has 0 aromatic heterocycles. The van der Waals surface area contributed by atoms with Crippen molar-refractivity contribution in [2.45, 2.75) is 104 Å². The minimum atomic E-state index is -1.03. The fourth-order valence-electron chi connectivity index (χ4n) is 6.23. The molecule has 1 aromatic carbocycles. The Kier molecular flexibility index (Phi) is 12.0. The maximum absolute atomic E-state index is 14.6. The molecule has 0 unspecified atom stereocenters. The molecule has 12 heteroatoms. The molecule has 4 rings (SSSR count). The van der Waals surface area contributed by atoms with Gasteiger partial charge in [0.2, 0.25) is 11.8 Å². The Morgan fingerprint density at radius 1 is 1.12 bits per heavy atom. The van der Waals surface area contributed by atoms with Gasteiger partial charge in [-0.25, -0.2) is 4.79 Å². The summed E-state index contributed by atoms with van der Waals surface area (Å²) >= 11 is 0. The molecule has 4 amide bonds. The average Bonchev–Trinajstić information content (AvgIpc) is 3.85. The van der Waals surface area contributed by atoms with Gasteiger partial charge in [0.25, 0.3) is 5.91 Å². The van der Waals surface area contributed by atoms with Gasteiger partial charge in [-0.15, -0.1) is 0 Å². The number of carbonyl (C=O) groups is 4. The summed E-state index contributed by atoms with van der Waals surface area (Å²) in [4.78, 5) is 60.2. The summed E-state index contributed by atoms with van der Waals surface area (Å²) < 4.78 is 22.7. The molecule has 0 spiro atoms. The molecule has 268 valence electrons. The van der Waals surface area contributed by atoms with Crippen molar-refractivity contribution in [2.24, 2.45) is 17.8 Å². The number of likely N-dealkylation sites (tertiary alicyclic amines) is 1. The number of fused-ring (bicyclic) bond motifs is 1. The van der Waals surface area contributed by atoms with Gasteiger partial charge in [0.1, 0.15) is 11.4 Å². The second kappa shape index (κ2) is 15.4. The molecule has 0 radical (unpaired) electrons. The van der Waals surface area contributed by atoms with Crippen LogP contribution in [0.15, 0.2) is 18.2 Å². The maximum atomic E-state index is 14.6. The summed E-state index contributed by atoms with van der Waals surface area (Å²) in [6.45, 7) is 17.0. The number of methoxy groups -OCH3 is 1. The molecule has 1 aliphatic carbocycles. The van der Waals surface area contributed by atoms with E-state index in [-0.39, 0.29) is 55.2 Å². The van der Waals surface area contributed by atoms with E-state index in [2.05, 4.69) is 5.32 Å². The lowest BCUT2D eigenvalue weighted by atomic mass is 9.87. The zero-order valence-electron chi connectivity index (χ0n) is 30.3. The van der Waals surface area contributed by atoms with Crippen LogP contribution < -0.4 is 19.9 Å². The first-order chi connectivity index (χ1) is 22.6. The van der Waals surface area contributed by atoms with Crippen molar-refractivity contribution in [1.82, 2.24) is 10.2 Å². The van der Waals surface area contributed by atoms with Crippen LogP contribution >= 0.6 is 0 Å². The Morgan fingerprint density at radius 3 is 2.42 bits per heavy atom. The summed E-state index contributed by atoms with van der Waals surface area (Å²) in [6, 6.07) is 5.30. The largest absolute Gasteiger partial charge is 0.476 e. The van der Waals surface area contributed by atoms with Crippen molar-refractivity contribution in [3.8, 4) is 5.75 Å². The highest BCUT2D eigenvalue weighted by Crippen LogP contribution is 2.43. The minimum absolute atomic E-state index is 0.0187. The molecule has 1 aromatic rings. The number of nitrogens with one attached hydrogen (secondary N) is 1. The first kappa shape index (κ1) is 37.4. The van der Waals surface area contributed by atoms with Crippen LogP contribution in [-0.2, 0) is 28.6 Å². The lowest BCUT2D eigenvalue weighted by molar-refractivity contribution is -0.133. The van der Waals surface area contributed by atoms with E-state index in [0.717, 1.165) is 12.8 Å². The zero-order valence-corrected chi connectivity index (χ0v) is 30.3. The van der Waals surface area contributed by atoms with E-state index < -0.39 is 29.1 Å². The standard InChI is InChI=1S/C36H56N4O8/c1-10-46-22-28(23(2)3)37-31(41)24-18-25(21-38(20-24)34(44)48-35(4,5)6)32(42)40(26-12-13-26)27-14-15-30-29(19-27)39(16-11-17-45-9)33(43)36(7,8)47-30/h14-15,19,23-26,28H,10-13,16-18,20-22H2,1-9H3,(H,37,41)/t24-,25+,28+/m0/s1. The van der Waals surface area contributed by atoms with Crippen LogP contribution in [0.5, 0.6) is 5.75 Å². The van der Waals surface area contributed by atoms with Crippen molar-refractivity contribution in [2.75, 3.05) is 56.4 Å². The summed E-state index contributed by atoms with van der Waals surface area (Å²) in [6.07, 6.45) is 2.05. The lowest BCUT2D eigenvalue weighted by Crippen LogP contribution is -2.55. The predicted molar refractivity (Wildman–Crippen MR) is 183 cm³/mol. The van der Waals surface area contributed by atoms with Crippen molar-refractivity contribution >= 4 is 35.2 Å². The van der Waals surface area contributed by atoms with Crippen LogP contribution in [0.2, 0.25) is 0 Å². The van der Waals surface area contributed by atoms with E-state index in [9.17, 15) is 19.2 Å². The molecule has 1 saturated carbocycles. The molecule has 48 heavy (non-hydrogen) atoms. The van der Waals surface area contributed by atoms with E-state index in [1.165, 1.54) is 4.90 Å². The zero-order chi connectivity index (χ0) is 35.4. The number of rotatable bonds is 13. The third kappa shape index (κ3) is 9.19. The smallest absolute Gasteiger partial charge is 0.410 e. The number of nitrogens with zero attached hydrogens (tertiary/aromatic N) is 3. The van der Waals surface area contributed by atoms with Crippen molar-refractivity contribution in [3.63, 3.8) is 0 Å². The molecule has 2 fully saturated rings. The Morgan fingerprint density at radius 2 is 1.81 bits per heavy atom. The van der Waals surface area contributed by atoms with Crippen LogP contribution in [0.3, 0.4) is 0 Å². The van der Waals surface area contributed by atoms with E-state index in [0.29, 0.717) is 49.9 Å². The first-order valence-electron chi connectivity index (χ1n) is 17.4. The summed E-state index contributed by atoms with van der Waals surface area (Å²) in [7, 11) is 1.63. The van der Waals surface area contributed by atoms with Crippen molar-refractivity contribution < 1.29 is 38.1 Å². The molecule has 3 atom stereocenters. The highest BCUT2D eigenvalue weighted by Gasteiger charge is 2.45. The van der Waals surface area contributed by atoms with Gasteiger partial charge < -0.3 is 39.0 Å². The Labute approximate surface area is 285 Å². The number of carbonyl (C=O) groups excluding carboxylic acids is 4. The van der Waals surface area contributed by atoms with E-state index in [4.69, 9.17) is 18.9 Å². The topological polar surface area (TPSA) is 127 Å². The highest BCUT2D eigenvalue weighted by molar-refractivity contribution is 6.04. The van der Waals surface area contributed by atoms with Gasteiger partial charge >= 0.3 is 6.09 Å². The number of ether oxygens (including phenoxy) is 4. The fourth-order valence-corrected chi connectivity index (χ4v) is 6.23. The molecule has 0 bridgehead atoms. The molecule has 12 nitrogen and oxygen atoms in total. The highest BCUT2D eigenvalue weighted by atomic mass is 16.6. The Bertz CT molecular complexity index is 1320. The number of piperidine rings is 1. The maximum Gasteiger partial charge on any atom is 0.410 e. The van der Waals surface area contributed by atoms with Gasteiger partial charge in [-0.2, -0.15) is 0 Å². The van der Waals surface area contributed by atoms with Crippen molar-refractivity contribution in [3.05, 3.63) is 18.2 Å². The summed E-state index contributed by atoms with van der Waals surface area (Å²) in [5.41, 5.74) is -0.510. The van der Waals surface area contributed by atoms with Gasteiger partial charge in [0, 0.05) is 51.7 Å². The molecule has 2 heterocycles. The molecule has 1 saturated heterocycles. The monoisotopic (exact) mass is 672 g/mol. The Hall–Kier alpha value is -3.38. The van der Waals surface area contributed by atoms with Crippen molar-refractivity contribution in [1.29, 1.82) is 0 Å². The second-order valence-electron chi connectivity index (χ2n) is 15.0. The minimum Gasteiger partial charge on any atom is -0.476 e. The van der Waals surface area contributed by atoms with Crippen LogP contribution in [0.25, 0.3) is 0 Å². The van der Waals surface area contributed by atoms with Crippen LogP contribution in [0, 0.1) is 17.8 Å². The normalized spacial score (nSPS) is 21.3. The van der Waals surface area contributed by atoms with Gasteiger partial charge in [0.15, 0.2) is 5.60 Å². The SMILES string of the molecule is CCOC[C@@H](NC(=O)[C@H]1C[C@@H](C(=O)N(c2ccc3c(c2)N(CCCOC)C(=O)C(C)(C)O3)C2CC2)CN(C(=O)OC(C)(C)C)C1)C(C)C. The van der Waals surface area contributed by atoms with E-state index in [1.54, 1.807) is 51.5 Å². The molecule has 3 aliphatic rings. The van der Waals surface area contributed by atoms with E-state index >= 15 is 0 Å². The second-order valence-corrected chi connectivity index (χ2v) is 15.0. The number of hydrogen-bond acceptors (Lipinski definition) is 8. The fraction of sp³-hybridized carbons (Fsp3) is 0.722. The molecule has 1 N–H and O–H groups in total. The molecule has 2 aliphatic heterocycles. The van der Waals surface area contributed by atoms with Gasteiger partial charge in [0.05, 0.1) is 30.2 Å². The third-order valence-electron chi connectivity index (χ3n) is 8.97. The van der Waals surface area contributed by atoms with Crippen LogP contribution in [0.4, 0.5) is 16.2 Å². The molecular formula is C36H56N4O8. The van der Waals surface area contributed by atoms with E-state index in [1.807, 2.05) is 39.0 Å². The quantitative estimate of drug-likeness (QED) is 0.297. The van der Waals surface area contributed by atoms with Crippen LogP contribution in [0.1, 0.15) is 81.1 Å². The summed E-state index contributed by atoms with van der Waals surface area (Å²) in [5.74, 6) is -1.08. The van der Waals surface area contributed by atoms with Gasteiger partial charge in [-0.05, 0) is 91.3 Å². The van der Waals surface area contributed by atoms with Gasteiger partial charge in [-0.3, -0.25) is 14.4 Å². The van der Waals surface area contributed by atoms with Gasteiger partial charge in [-0.1, -0.05) is 13.8 Å². The van der Waals surface area contributed by atoms with Crippen LogP contribution in [-0.4, -0.2) is 98.6 Å². The summed E-state index contributed by atoms with van der Waals surface area (Å²) in [5, 5.41) is 3.13. The molecular weight excluding hydrogens is 616 g/mol. The number of benzene rings is 1. The predicted octanol–water partition coefficient (Wildman–Crippen LogP) is 4.77. The number of hydrogen-bond donors (Lipinski definition) is 1. The third-order valence-corrected chi connectivity index (χ3v) is 8.97.